The molecule has 146 valence electrons. The van der Waals surface area contributed by atoms with Crippen molar-refractivity contribution in [3.8, 4) is 5.69 Å². The molecule has 0 aliphatic carbocycles. The van der Waals surface area contributed by atoms with Crippen molar-refractivity contribution in [2.24, 2.45) is 0 Å². The third kappa shape index (κ3) is 6.16. The maximum atomic E-state index is 13.5. The molecule has 0 unspecified atom stereocenters. The molecular formula is C19H25FN4O3. The van der Waals surface area contributed by atoms with Crippen molar-refractivity contribution in [3.05, 3.63) is 41.7 Å². The van der Waals surface area contributed by atoms with Gasteiger partial charge in [-0.05, 0) is 31.0 Å². The SMILES string of the molecule is CC(C)c1nc(C(=O)NCCCCCCC(=O)O)nn1-c1cccc(F)c1. The molecule has 8 heteroatoms. The Morgan fingerprint density at radius 2 is 1.96 bits per heavy atom. The highest BCUT2D eigenvalue weighted by atomic mass is 19.1. The number of nitrogens with one attached hydrogen (secondary N) is 1. The average Bonchev–Trinajstić information content (AvgIpc) is 3.06. The third-order valence-corrected chi connectivity index (χ3v) is 4.01. The second kappa shape index (κ2) is 9.80. The van der Waals surface area contributed by atoms with Crippen LogP contribution in [0.1, 0.15) is 68.3 Å². The van der Waals surface area contributed by atoms with Gasteiger partial charge in [-0.15, -0.1) is 5.10 Å². The van der Waals surface area contributed by atoms with Crippen LogP contribution in [0.5, 0.6) is 0 Å². The summed E-state index contributed by atoms with van der Waals surface area (Å²) in [5.41, 5.74) is 0.517. The van der Waals surface area contributed by atoms with Crippen LogP contribution >= 0.6 is 0 Å². The molecule has 0 aliphatic heterocycles. The second-order valence-corrected chi connectivity index (χ2v) is 6.65. The van der Waals surface area contributed by atoms with Crippen LogP contribution in [-0.2, 0) is 4.79 Å². The number of aromatic nitrogens is 3. The number of unbranched alkanes of at least 4 members (excludes halogenated alkanes) is 3. The summed E-state index contributed by atoms with van der Waals surface area (Å²) >= 11 is 0. The number of hydrogen-bond acceptors (Lipinski definition) is 4. The minimum atomic E-state index is -0.788. The summed E-state index contributed by atoms with van der Waals surface area (Å²) in [7, 11) is 0. The van der Waals surface area contributed by atoms with Gasteiger partial charge < -0.3 is 10.4 Å². The van der Waals surface area contributed by atoms with E-state index in [2.05, 4.69) is 15.4 Å². The summed E-state index contributed by atoms with van der Waals surface area (Å²) in [5.74, 6) is -0.904. The van der Waals surface area contributed by atoms with Gasteiger partial charge in [-0.2, -0.15) is 0 Å². The molecule has 0 atom stereocenters. The fraction of sp³-hybridized carbons (Fsp3) is 0.474. The maximum absolute atomic E-state index is 13.5. The third-order valence-electron chi connectivity index (χ3n) is 4.01. The van der Waals surface area contributed by atoms with E-state index < -0.39 is 5.97 Å². The molecule has 1 amide bonds. The average molecular weight is 376 g/mol. The lowest BCUT2D eigenvalue weighted by Gasteiger charge is -2.07. The Morgan fingerprint density at radius 1 is 1.22 bits per heavy atom. The second-order valence-electron chi connectivity index (χ2n) is 6.65. The topological polar surface area (TPSA) is 97.1 Å². The molecule has 0 saturated carbocycles. The van der Waals surface area contributed by atoms with Gasteiger partial charge in [-0.25, -0.2) is 14.1 Å². The Balaban J connectivity index is 1.95. The zero-order chi connectivity index (χ0) is 19.8. The predicted octanol–water partition coefficient (Wildman–Crippen LogP) is 3.29. The van der Waals surface area contributed by atoms with Gasteiger partial charge in [0.1, 0.15) is 11.6 Å². The highest BCUT2D eigenvalue weighted by molar-refractivity contribution is 5.90. The van der Waals surface area contributed by atoms with Gasteiger partial charge in [0.2, 0.25) is 5.82 Å². The van der Waals surface area contributed by atoms with E-state index in [1.807, 2.05) is 13.8 Å². The van der Waals surface area contributed by atoms with Crippen LogP contribution < -0.4 is 5.32 Å². The zero-order valence-corrected chi connectivity index (χ0v) is 15.6. The van der Waals surface area contributed by atoms with Crippen molar-refractivity contribution in [1.29, 1.82) is 0 Å². The molecule has 2 aromatic rings. The van der Waals surface area contributed by atoms with Crippen LogP contribution in [0.3, 0.4) is 0 Å². The fourth-order valence-electron chi connectivity index (χ4n) is 2.63. The van der Waals surface area contributed by atoms with Gasteiger partial charge >= 0.3 is 5.97 Å². The van der Waals surface area contributed by atoms with Crippen molar-refractivity contribution < 1.29 is 19.1 Å². The van der Waals surface area contributed by atoms with Crippen molar-refractivity contribution in [2.45, 2.75) is 51.9 Å². The number of carboxylic acids is 1. The number of rotatable bonds is 10. The van der Waals surface area contributed by atoms with Crippen molar-refractivity contribution in [3.63, 3.8) is 0 Å². The minimum absolute atomic E-state index is 0.0107. The lowest BCUT2D eigenvalue weighted by atomic mass is 10.1. The molecule has 2 rings (SSSR count). The minimum Gasteiger partial charge on any atom is -0.481 e. The number of benzene rings is 1. The van der Waals surface area contributed by atoms with Gasteiger partial charge in [0.05, 0.1) is 5.69 Å². The molecule has 1 heterocycles. The lowest BCUT2D eigenvalue weighted by molar-refractivity contribution is -0.137. The fourth-order valence-corrected chi connectivity index (χ4v) is 2.63. The van der Waals surface area contributed by atoms with Crippen molar-refractivity contribution in [1.82, 2.24) is 20.1 Å². The van der Waals surface area contributed by atoms with Crippen LogP contribution in [0.2, 0.25) is 0 Å². The number of carbonyl (C=O) groups is 2. The van der Waals surface area contributed by atoms with E-state index in [9.17, 15) is 14.0 Å². The molecular weight excluding hydrogens is 351 g/mol. The highest BCUT2D eigenvalue weighted by Crippen LogP contribution is 2.18. The van der Waals surface area contributed by atoms with E-state index in [0.717, 1.165) is 19.3 Å². The van der Waals surface area contributed by atoms with Gasteiger partial charge in [-0.3, -0.25) is 9.59 Å². The number of aliphatic carboxylic acids is 1. The van der Waals surface area contributed by atoms with Crippen LogP contribution in [-0.4, -0.2) is 38.3 Å². The summed E-state index contributed by atoms with van der Waals surface area (Å²) in [6, 6.07) is 5.99. The standard InChI is InChI=1S/C19H25FN4O3/c1-13(2)18-22-17(23-24(18)15-9-7-8-14(20)12-15)19(27)21-11-6-4-3-5-10-16(25)26/h7-9,12-13H,3-6,10-11H2,1-2H3,(H,21,27)(H,25,26). The lowest BCUT2D eigenvalue weighted by Crippen LogP contribution is -2.25. The summed E-state index contributed by atoms with van der Waals surface area (Å²) < 4.78 is 15.0. The monoisotopic (exact) mass is 376 g/mol. The molecule has 27 heavy (non-hydrogen) atoms. The van der Waals surface area contributed by atoms with E-state index >= 15 is 0 Å². The molecule has 0 aliphatic rings. The molecule has 0 radical (unpaired) electrons. The predicted molar refractivity (Wildman–Crippen MR) is 98.5 cm³/mol. The molecule has 1 aromatic heterocycles. The Labute approximate surface area is 157 Å². The summed E-state index contributed by atoms with van der Waals surface area (Å²) in [6.07, 6.45) is 3.22. The first-order valence-corrected chi connectivity index (χ1v) is 9.11. The van der Waals surface area contributed by atoms with E-state index in [1.165, 1.54) is 16.8 Å². The van der Waals surface area contributed by atoms with Gasteiger partial charge in [0.25, 0.3) is 5.91 Å². The molecule has 0 spiro atoms. The van der Waals surface area contributed by atoms with Crippen LogP contribution in [0.4, 0.5) is 4.39 Å². The van der Waals surface area contributed by atoms with Crippen LogP contribution in [0, 0.1) is 5.82 Å². The summed E-state index contributed by atoms with van der Waals surface area (Å²) in [6.45, 7) is 4.33. The first kappa shape index (κ1) is 20.5. The number of halogens is 1. The Morgan fingerprint density at radius 3 is 2.63 bits per heavy atom. The number of amides is 1. The number of hydrogen-bond donors (Lipinski definition) is 2. The van der Waals surface area contributed by atoms with Crippen molar-refractivity contribution >= 4 is 11.9 Å². The van der Waals surface area contributed by atoms with E-state index in [0.29, 0.717) is 24.5 Å². The zero-order valence-electron chi connectivity index (χ0n) is 15.6. The molecule has 0 bridgehead atoms. The Kier molecular flexibility index (Phi) is 7.45. The summed E-state index contributed by atoms with van der Waals surface area (Å²) in [5, 5.41) is 15.6. The maximum Gasteiger partial charge on any atom is 0.303 e. The van der Waals surface area contributed by atoms with Crippen molar-refractivity contribution in [2.75, 3.05) is 6.54 Å². The Hall–Kier alpha value is -2.77. The van der Waals surface area contributed by atoms with E-state index in [-0.39, 0.29) is 29.9 Å². The van der Waals surface area contributed by atoms with E-state index in [1.54, 1.807) is 12.1 Å². The van der Waals surface area contributed by atoms with Gasteiger partial charge in [-0.1, -0.05) is 32.8 Å². The first-order valence-electron chi connectivity index (χ1n) is 9.11. The Bertz CT molecular complexity index is 789. The van der Waals surface area contributed by atoms with Gasteiger partial charge in [0.15, 0.2) is 0 Å². The van der Waals surface area contributed by atoms with Crippen LogP contribution in [0.15, 0.2) is 24.3 Å². The number of nitrogens with zero attached hydrogens (tertiary/aromatic N) is 3. The first-order chi connectivity index (χ1) is 12.9. The van der Waals surface area contributed by atoms with Gasteiger partial charge in [0, 0.05) is 18.9 Å². The number of carboxylic acid groups (broad SMARTS) is 1. The molecule has 1 aromatic carbocycles. The van der Waals surface area contributed by atoms with E-state index in [4.69, 9.17) is 5.11 Å². The summed E-state index contributed by atoms with van der Waals surface area (Å²) in [4.78, 5) is 27.1. The van der Waals surface area contributed by atoms with Crippen LogP contribution in [0.25, 0.3) is 5.69 Å². The highest BCUT2D eigenvalue weighted by Gasteiger charge is 2.19. The largest absolute Gasteiger partial charge is 0.481 e. The smallest absolute Gasteiger partial charge is 0.303 e. The normalized spacial score (nSPS) is 11.0. The quantitative estimate of drug-likeness (QED) is 0.620. The number of carbonyl (C=O) groups excluding carboxylic acids is 1. The molecule has 0 saturated heterocycles. The molecule has 2 N–H and O–H groups in total. The molecule has 0 fully saturated rings. The molecule has 7 nitrogen and oxygen atoms in total.